The van der Waals surface area contributed by atoms with Crippen molar-refractivity contribution in [3.63, 3.8) is 0 Å². The first-order valence-corrected chi connectivity index (χ1v) is 21.4. The molecule has 1 unspecified atom stereocenters. The molecule has 0 aliphatic heterocycles. The van der Waals surface area contributed by atoms with Crippen LogP contribution in [0.5, 0.6) is 0 Å². The van der Waals surface area contributed by atoms with Gasteiger partial charge in [0.05, 0.1) is 12.6 Å². The number of aliphatic carboxylic acids is 2. The van der Waals surface area contributed by atoms with Crippen molar-refractivity contribution in [1.82, 2.24) is 0 Å². The van der Waals surface area contributed by atoms with Gasteiger partial charge in [0.25, 0.3) is 20.2 Å². The molecule has 2 aromatic carbocycles. The van der Waals surface area contributed by atoms with Crippen molar-refractivity contribution in [2.45, 2.75) is 159 Å². The van der Waals surface area contributed by atoms with E-state index in [4.69, 9.17) is 4.18 Å². The Morgan fingerprint density at radius 3 is 1.54 bits per heavy atom. The Bertz CT molecular complexity index is 1460. The Balaban J connectivity index is 0. The molecule has 0 saturated carbocycles. The van der Waals surface area contributed by atoms with Crippen molar-refractivity contribution in [2.75, 3.05) is 6.61 Å². The molecule has 52 heavy (non-hydrogen) atoms. The number of unbranched alkanes of at least 4 members (excludes halogenated alkanes) is 15. The van der Waals surface area contributed by atoms with E-state index in [1.807, 2.05) is 30.3 Å². The Hall–Kier alpha value is 0.0964. The van der Waals surface area contributed by atoms with Crippen LogP contribution in [-0.4, -0.2) is 45.2 Å². The molecule has 1 atom stereocenters. The van der Waals surface area contributed by atoms with E-state index in [1.54, 1.807) is 12.1 Å². The third-order valence-electron chi connectivity index (χ3n) is 9.13. The monoisotopic (exact) mass is 802 g/mol. The number of carboxylic acid groups (broad SMARTS) is 2. The quantitative estimate of drug-likeness (QED) is 0.0597. The molecule has 0 amide bonds. The molecule has 0 spiro atoms. The zero-order valence-electron chi connectivity index (χ0n) is 32.4. The van der Waals surface area contributed by atoms with Gasteiger partial charge in [0.2, 0.25) is 0 Å². The number of hydrogen-bond acceptors (Lipinski definition) is 9. The summed E-state index contributed by atoms with van der Waals surface area (Å²) >= 11 is 0. The molecule has 0 saturated heterocycles. The molecule has 0 heterocycles. The number of carbonyl (C=O) groups is 2. The van der Waals surface area contributed by atoms with E-state index in [1.165, 1.54) is 19.3 Å². The average Bonchev–Trinajstić information content (AvgIpc) is 3.06. The third-order valence-corrected chi connectivity index (χ3v) is 11.7. The van der Waals surface area contributed by atoms with E-state index in [0.717, 1.165) is 76.0 Å². The summed E-state index contributed by atoms with van der Waals surface area (Å²) in [6.07, 6.45) is 16.2. The Labute approximate surface area is 378 Å². The molecule has 1 N–H and O–H groups in total. The van der Waals surface area contributed by atoms with E-state index in [0.29, 0.717) is 31.1 Å². The number of fused-ring (bicyclic) bond motifs is 1. The van der Waals surface area contributed by atoms with Crippen LogP contribution < -0.4 is 91.2 Å². The Morgan fingerprint density at radius 1 is 0.673 bits per heavy atom. The van der Waals surface area contributed by atoms with Crippen LogP contribution in [0.15, 0.2) is 47.4 Å². The molecule has 0 aromatic heterocycles. The average molecular weight is 803 g/mol. The van der Waals surface area contributed by atoms with Crippen LogP contribution in [0.3, 0.4) is 0 Å². The van der Waals surface area contributed by atoms with Gasteiger partial charge in [-0.15, -0.1) is 0 Å². The summed E-state index contributed by atoms with van der Waals surface area (Å²) in [5.41, 5.74) is -2.18. The minimum Gasteiger partial charge on any atom is -0.549 e. The maximum Gasteiger partial charge on any atom is 1.00 e. The number of rotatable bonds is 27. The van der Waals surface area contributed by atoms with Gasteiger partial charge in [0, 0.05) is 16.8 Å². The van der Waals surface area contributed by atoms with E-state index >= 15 is 0 Å². The fourth-order valence-corrected chi connectivity index (χ4v) is 8.61. The van der Waals surface area contributed by atoms with E-state index in [-0.39, 0.29) is 105 Å². The fraction of sp³-hybridized carbons (Fsp3) is 0.684. The summed E-state index contributed by atoms with van der Waals surface area (Å²) in [5.74, 6) is -3.84. The molecule has 0 aliphatic carbocycles. The summed E-state index contributed by atoms with van der Waals surface area (Å²) in [5, 5.41) is 22.6. The van der Waals surface area contributed by atoms with Gasteiger partial charge in [0.15, 0.2) is 0 Å². The first-order chi connectivity index (χ1) is 23.8. The van der Waals surface area contributed by atoms with E-state index in [2.05, 4.69) is 20.8 Å². The number of hydrogen-bond donors (Lipinski definition) is 1. The van der Waals surface area contributed by atoms with Gasteiger partial charge in [-0.3, -0.25) is 8.74 Å². The molecule has 2 aromatic rings. The van der Waals surface area contributed by atoms with Gasteiger partial charge in [-0.25, -0.2) is 0 Å². The first-order valence-electron chi connectivity index (χ1n) is 18.5. The van der Waals surface area contributed by atoms with Gasteiger partial charge in [-0.1, -0.05) is 166 Å². The first kappa shape index (κ1) is 54.2. The third kappa shape index (κ3) is 20.3. The van der Waals surface area contributed by atoms with Crippen LogP contribution in [0, 0.1) is 5.41 Å². The minimum atomic E-state index is -5.15. The molecule has 0 radical (unpaired) electrons. The van der Waals surface area contributed by atoms with Crippen molar-refractivity contribution >= 4 is 42.9 Å². The smallest absolute Gasteiger partial charge is 0.549 e. The molecular weight excluding hydrogens is 743 g/mol. The van der Waals surface area contributed by atoms with Gasteiger partial charge < -0.3 is 19.8 Å². The summed E-state index contributed by atoms with van der Waals surface area (Å²) in [4.78, 5) is 23.7. The second kappa shape index (κ2) is 30.3. The van der Waals surface area contributed by atoms with Gasteiger partial charge in [-0.05, 0) is 30.7 Å². The molecule has 286 valence electrons. The van der Waals surface area contributed by atoms with Crippen LogP contribution in [0.25, 0.3) is 10.8 Å². The van der Waals surface area contributed by atoms with Crippen LogP contribution in [0.4, 0.5) is 0 Å². The fourth-order valence-electron chi connectivity index (χ4n) is 6.30. The zero-order valence-corrected chi connectivity index (χ0v) is 39.2. The van der Waals surface area contributed by atoms with Crippen molar-refractivity contribution in [2.24, 2.45) is 5.41 Å². The topological polar surface area (TPSA) is 178 Å². The zero-order chi connectivity index (χ0) is 37.5. The van der Waals surface area contributed by atoms with Crippen LogP contribution in [0.1, 0.15) is 149 Å². The van der Waals surface area contributed by atoms with Crippen molar-refractivity contribution in [1.29, 1.82) is 0 Å². The van der Waals surface area contributed by atoms with Crippen LogP contribution in [-0.2, 0) is 34.0 Å². The molecular formula is C38H60KNaO10S2. The predicted octanol–water partition coefficient (Wildman–Crippen LogP) is 1.14. The van der Waals surface area contributed by atoms with Crippen molar-refractivity contribution in [3.05, 3.63) is 42.5 Å². The van der Waals surface area contributed by atoms with Crippen molar-refractivity contribution < 1.29 is 126 Å². The molecule has 2 rings (SSSR count). The van der Waals surface area contributed by atoms with E-state index < -0.39 is 42.8 Å². The molecule has 0 fully saturated rings. The van der Waals surface area contributed by atoms with Gasteiger partial charge >= 0.3 is 80.9 Å². The SMILES string of the molecule is CCCCCCCCC(CCCCCCCC)(C(=O)[O-])C(C(=O)[O-])S(=O)(=O)O.CCCCCCCCOS(=O)(=O)c1cccc2ccccc12.[K+].[Na+]. The standard InChI is InChI=1S/C20H38O7S.C18H24O3S.K.Na/c1-3-5-7-9-11-13-15-20(19(23)24,16-14-12-10-8-6-4-2)17(18(21)22)28(25,26)27;1-2-3-4-5-6-9-15-21-22(19,20)18-14-10-12-16-11-7-8-13-17(16)18;;/h17H,3-16H2,1-2H3,(H,21,22)(H,23,24)(H,25,26,27);7-8,10-14H,2-6,9,15H2,1H3;;/q;;2*+1/p-2. The van der Waals surface area contributed by atoms with Gasteiger partial charge in [-0.2, -0.15) is 16.8 Å². The maximum absolute atomic E-state index is 12.4. The summed E-state index contributed by atoms with van der Waals surface area (Å²) in [6.45, 7) is 6.58. The number of carboxylic acids is 2. The summed E-state index contributed by atoms with van der Waals surface area (Å²) < 4.78 is 62.8. The molecule has 10 nitrogen and oxygen atoms in total. The minimum absolute atomic E-state index is 0. The van der Waals surface area contributed by atoms with Crippen molar-refractivity contribution in [3.8, 4) is 0 Å². The predicted molar refractivity (Wildman–Crippen MR) is 194 cm³/mol. The summed E-state index contributed by atoms with van der Waals surface area (Å²) in [6, 6.07) is 12.7. The Morgan fingerprint density at radius 2 is 1.10 bits per heavy atom. The largest absolute Gasteiger partial charge is 1.00 e. The second-order valence-electron chi connectivity index (χ2n) is 13.2. The normalized spacial score (nSPS) is 12.2. The number of carbonyl (C=O) groups excluding carboxylic acids is 2. The Kier molecular flexibility index (Phi) is 31.5. The molecule has 0 bridgehead atoms. The van der Waals surface area contributed by atoms with Gasteiger partial charge in [0.1, 0.15) is 10.1 Å². The van der Waals surface area contributed by atoms with Crippen LogP contribution in [0.2, 0.25) is 0 Å². The van der Waals surface area contributed by atoms with Crippen LogP contribution >= 0.6 is 0 Å². The molecule has 14 heteroatoms. The van der Waals surface area contributed by atoms with E-state index in [9.17, 15) is 41.2 Å². The number of benzene rings is 2. The summed E-state index contributed by atoms with van der Waals surface area (Å²) in [7, 11) is -8.84. The maximum atomic E-state index is 12.4. The molecule has 0 aliphatic rings. The second-order valence-corrected chi connectivity index (χ2v) is 16.3.